The number of rotatable bonds is 7. The summed E-state index contributed by atoms with van der Waals surface area (Å²) in [5.41, 5.74) is 5.14. The number of primary amides is 1. The van der Waals surface area contributed by atoms with Crippen LogP contribution in [0.4, 0.5) is 0 Å². The first-order valence-electron chi connectivity index (χ1n) is 4.78. The second kappa shape index (κ2) is 6.86. The van der Waals surface area contributed by atoms with Crippen LogP contribution in [0.25, 0.3) is 0 Å². The molecule has 0 rings (SSSR count). The zero-order valence-electron chi connectivity index (χ0n) is 8.42. The standard InChI is InChI=1S/C9H20N2O2/c1-3-8(9(10)13)11-6-4-5-7(2)12/h7-8,11-12H,3-6H2,1-2H3,(H2,10,13). The summed E-state index contributed by atoms with van der Waals surface area (Å²) in [6, 6.07) is -0.228. The maximum atomic E-state index is 10.8. The number of hydrogen-bond acceptors (Lipinski definition) is 3. The van der Waals surface area contributed by atoms with Crippen LogP contribution in [0, 0.1) is 0 Å². The van der Waals surface area contributed by atoms with E-state index in [1.165, 1.54) is 0 Å². The third-order valence-electron chi connectivity index (χ3n) is 1.94. The van der Waals surface area contributed by atoms with E-state index in [0.717, 1.165) is 19.4 Å². The molecule has 0 aliphatic rings. The highest BCUT2D eigenvalue weighted by Crippen LogP contribution is 1.95. The highest BCUT2D eigenvalue weighted by Gasteiger charge is 2.10. The molecule has 2 atom stereocenters. The summed E-state index contributed by atoms with van der Waals surface area (Å²) in [5.74, 6) is -0.306. The average Bonchev–Trinajstić information content (AvgIpc) is 2.03. The summed E-state index contributed by atoms with van der Waals surface area (Å²) in [7, 11) is 0. The van der Waals surface area contributed by atoms with Gasteiger partial charge in [-0.2, -0.15) is 0 Å². The number of aliphatic hydroxyl groups is 1. The predicted octanol–water partition coefficient (Wildman–Crippen LogP) is 0.000900. The lowest BCUT2D eigenvalue weighted by molar-refractivity contribution is -0.120. The van der Waals surface area contributed by atoms with Gasteiger partial charge in [0.2, 0.25) is 5.91 Å². The molecule has 0 aliphatic carbocycles. The molecule has 0 saturated carbocycles. The van der Waals surface area contributed by atoms with Gasteiger partial charge in [-0.15, -0.1) is 0 Å². The molecular formula is C9H20N2O2. The van der Waals surface area contributed by atoms with Crippen molar-refractivity contribution in [2.24, 2.45) is 5.73 Å². The first-order valence-corrected chi connectivity index (χ1v) is 4.78. The van der Waals surface area contributed by atoms with E-state index in [9.17, 15) is 4.79 Å². The molecule has 0 aromatic carbocycles. The summed E-state index contributed by atoms with van der Waals surface area (Å²) in [4.78, 5) is 10.8. The lowest BCUT2D eigenvalue weighted by Crippen LogP contribution is -2.41. The fourth-order valence-electron chi connectivity index (χ4n) is 1.12. The van der Waals surface area contributed by atoms with Gasteiger partial charge in [-0.25, -0.2) is 0 Å². The lowest BCUT2D eigenvalue weighted by Gasteiger charge is -2.13. The Morgan fingerprint density at radius 2 is 2.23 bits per heavy atom. The highest BCUT2D eigenvalue weighted by atomic mass is 16.3. The number of hydrogen-bond donors (Lipinski definition) is 3. The molecule has 78 valence electrons. The number of nitrogens with one attached hydrogen (secondary N) is 1. The highest BCUT2D eigenvalue weighted by molar-refractivity contribution is 5.79. The smallest absolute Gasteiger partial charge is 0.234 e. The van der Waals surface area contributed by atoms with Crippen molar-refractivity contribution in [3.8, 4) is 0 Å². The van der Waals surface area contributed by atoms with Gasteiger partial charge in [-0.3, -0.25) is 4.79 Å². The molecule has 0 heterocycles. The maximum absolute atomic E-state index is 10.8. The number of amides is 1. The third-order valence-corrected chi connectivity index (χ3v) is 1.94. The number of nitrogens with two attached hydrogens (primary N) is 1. The number of carbonyl (C=O) groups is 1. The molecular weight excluding hydrogens is 168 g/mol. The Kier molecular flexibility index (Phi) is 6.54. The predicted molar refractivity (Wildman–Crippen MR) is 52.2 cm³/mol. The average molecular weight is 188 g/mol. The van der Waals surface area contributed by atoms with Crippen molar-refractivity contribution >= 4 is 5.91 Å². The molecule has 0 fully saturated rings. The molecule has 0 aromatic rings. The van der Waals surface area contributed by atoms with Crippen molar-refractivity contribution in [1.82, 2.24) is 5.32 Å². The van der Waals surface area contributed by atoms with E-state index >= 15 is 0 Å². The van der Waals surface area contributed by atoms with Crippen LogP contribution in [-0.4, -0.2) is 29.7 Å². The van der Waals surface area contributed by atoms with Gasteiger partial charge in [0, 0.05) is 0 Å². The summed E-state index contributed by atoms with van der Waals surface area (Å²) >= 11 is 0. The van der Waals surface area contributed by atoms with Crippen LogP contribution < -0.4 is 11.1 Å². The van der Waals surface area contributed by atoms with Crippen LogP contribution >= 0.6 is 0 Å². The van der Waals surface area contributed by atoms with Crippen LogP contribution in [0.5, 0.6) is 0 Å². The molecule has 0 spiro atoms. The fourth-order valence-corrected chi connectivity index (χ4v) is 1.12. The molecule has 0 bridgehead atoms. The molecule has 4 N–H and O–H groups in total. The monoisotopic (exact) mass is 188 g/mol. The lowest BCUT2D eigenvalue weighted by atomic mass is 10.2. The van der Waals surface area contributed by atoms with Gasteiger partial charge in [0.05, 0.1) is 12.1 Å². The Hall–Kier alpha value is -0.610. The van der Waals surface area contributed by atoms with Crippen molar-refractivity contribution < 1.29 is 9.90 Å². The minimum absolute atomic E-state index is 0.228. The Morgan fingerprint density at radius 3 is 2.62 bits per heavy atom. The van der Waals surface area contributed by atoms with Gasteiger partial charge >= 0.3 is 0 Å². The number of aliphatic hydroxyl groups excluding tert-OH is 1. The molecule has 4 heteroatoms. The number of carbonyl (C=O) groups excluding carboxylic acids is 1. The quantitative estimate of drug-likeness (QED) is 0.492. The summed E-state index contributed by atoms with van der Waals surface area (Å²) < 4.78 is 0. The zero-order valence-corrected chi connectivity index (χ0v) is 8.42. The van der Waals surface area contributed by atoms with Crippen LogP contribution in [0.3, 0.4) is 0 Å². The van der Waals surface area contributed by atoms with Crippen LogP contribution in [0.2, 0.25) is 0 Å². The maximum Gasteiger partial charge on any atom is 0.234 e. The van der Waals surface area contributed by atoms with E-state index in [2.05, 4.69) is 5.32 Å². The third kappa shape index (κ3) is 6.54. The van der Waals surface area contributed by atoms with Crippen LogP contribution in [0.1, 0.15) is 33.1 Å². The van der Waals surface area contributed by atoms with Gasteiger partial charge in [0.15, 0.2) is 0 Å². The fraction of sp³-hybridized carbons (Fsp3) is 0.889. The minimum atomic E-state index is -0.306. The van der Waals surface area contributed by atoms with Crippen LogP contribution in [0.15, 0.2) is 0 Å². The van der Waals surface area contributed by atoms with Gasteiger partial charge < -0.3 is 16.2 Å². The molecule has 0 aliphatic heterocycles. The SMILES string of the molecule is CCC(NCCCC(C)O)C(N)=O. The van der Waals surface area contributed by atoms with E-state index in [0.29, 0.717) is 6.42 Å². The van der Waals surface area contributed by atoms with Gasteiger partial charge in [-0.05, 0) is 32.7 Å². The molecule has 4 nitrogen and oxygen atoms in total. The van der Waals surface area contributed by atoms with Crippen molar-refractivity contribution in [3.63, 3.8) is 0 Å². The summed E-state index contributed by atoms with van der Waals surface area (Å²) in [6.45, 7) is 4.40. The molecule has 0 saturated heterocycles. The molecule has 13 heavy (non-hydrogen) atoms. The summed E-state index contributed by atoms with van der Waals surface area (Å²) in [5, 5.41) is 12.0. The minimum Gasteiger partial charge on any atom is -0.393 e. The Bertz CT molecular complexity index is 149. The Labute approximate surface area is 79.5 Å². The van der Waals surface area contributed by atoms with E-state index < -0.39 is 0 Å². The largest absolute Gasteiger partial charge is 0.393 e. The molecule has 2 unspecified atom stereocenters. The van der Waals surface area contributed by atoms with Crippen molar-refractivity contribution in [3.05, 3.63) is 0 Å². The topological polar surface area (TPSA) is 75.3 Å². The van der Waals surface area contributed by atoms with E-state index in [1.54, 1.807) is 6.92 Å². The zero-order chi connectivity index (χ0) is 10.3. The Balaban J connectivity index is 3.44. The van der Waals surface area contributed by atoms with E-state index in [4.69, 9.17) is 10.8 Å². The second-order valence-corrected chi connectivity index (χ2v) is 3.31. The van der Waals surface area contributed by atoms with Crippen molar-refractivity contribution in [1.29, 1.82) is 0 Å². The van der Waals surface area contributed by atoms with Crippen molar-refractivity contribution in [2.75, 3.05) is 6.54 Å². The van der Waals surface area contributed by atoms with Gasteiger partial charge in [0.25, 0.3) is 0 Å². The Morgan fingerprint density at radius 1 is 1.62 bits per heavy atom. The van der Waals surface area contributed by atoms with Crippen molar-refractivity contribution in [2.45, 2.75) is 45.3 Å². The second-order valence-electron chi connectivity index (χ2n) is 3.31. The van der Waals surface area contributed by atoms with E-state index in [-0.39, 0.29) is 18.1 Å². The summed E-state index contributed by atoms with van der Waals surface area (Å²) in [6.07, 6.45) is 2.06. The molecule has 1 amide bonds. The van der Waals surface area contributed by atoms with Crippen LogP contribution in [-0.2, 0) is 4.79 Å². The normalized spacial score (nSPS) is 15.3. The van der Waals surface area contributed by atoms with Gasteiger partial charge in [-0.1, -0.05) is 6.92 Å². The molecule has 0 radical (unpaired) electrons. The van der Waals surface area contributed by atoms with E-state index in [1.807, 2.05) is 6.92 Å². The first-order chi connectivity index (χ1) is 6.07. The molecule has 0 aromatic heterocycles. The van der Waals surface area contributed by atoms with Gasteiger partial charge in [0.1, 0.15) is 0 Å². The first kappa shape index (κ1) is 12.4.